The highest BCUT2D eigenvalue weighted by molar-refractivity contribution is 5.85. The lowest BCUT2D eigenvalue weighted by molar-refractivity contribution is 0.553. The van der Waals surface area contributed by atoms with Crippen LogP contribution in [0.4, 0.5) is 0 Å². The lowest BCUT2D eigenvalue weighted by Gasteiger charge is -2.15. The average molecular weight is 163 g/mol. The van der Waals surface area contributed by atoms with E-state index in [4.69, 9.17) is 5.73 Å². The van der Waals surface area contributed by atoms with E-state index in [-0.39, 0.29) is 12.4 Å². The first-order valence-electron chi connectivity index (χ1n) is 3.65. The molecule has 1 rings (SSSR count). The zero-order chi connectivity index (χ0) is 6.69. The summed E-state index contributed by atoms with van der Waals surface area (Å²) in [5, 5.41) is 0. The van der Waals surface area contributed by atoms with E-state index in [1.807, 2.05) is 0 Å². The van der Waals surface area contributed by atoms with Gasteiger partial charge in [-0.2, -0.15) is 0 Å². The van der Waals surface area contributed by atoms with E-state index in [0.29, 0.717) is 6.04 Å². The van der Waals surface area contributed by atoms with Crippen molar-refractivity contribution in [3.63, 3.8) is 0 Å². The molecule has 0 aromatic rings. The lowest BCUT2D eigenvalue weighted by Crippen LogP contribution is -2.21. The monoisotopic (exact) mass is 162 g/mol. The van der Waals surface area contributed by atoms with Crippen molar-refractivity contribution in [2.24, 2.45) is 10.7 Å². The van der Waals surface area contributed by atoms with Crippen molar-refractivity contribution < 1.29 is 0 Å². The Morgan fingerprint density at radius 1 is 1.70 bits per heavy atom. The molecule has 0 aliphatic carbocycles. The van der Waals surface area contributed by atoms with Gasteiger partial charge in [0.15, 0.2) is 0 Å². The van der Waals surface area contributed by atoms with Gasteiger partial charge in [-0.05, 0) is 19.3 Å². The molecule has 60 valence electrons. The first kappa shape index (κ1) is 9.76. The van der Waals surface area contributed by atoms with Gasteiger partial charge < -0.3 is 5.73 Å². The molecule has 0 amide bonds. The summed E-state index contributed by atoms with van der Waals surface area (Å²) in [7, 11) is 0. The summed E-state index contributed by atoms with van der Waals surface area (Å²) < 4.78 is 0. The maximum absolute atomic E-state index is 5.55. The van der Waals surface area contributed by atoms with Crippen LogP contribution >= 0.6 is 12.4 Å². The molecule has 1 unspecified atom stereocenters. The van der Waals surface area contributed by atoms with Crippen LogP contribution in [0.5, 0.6) is 0 Å². The van der Waals surface area contributed by atoms with Gasteiger partial charge in [-0.1, -0.05) is 6.92 Å². The minimum Gasteiger partial charge on any atom is -0.387 e. The van der Waals surface area contributed by atoms with Crippen LogP contribution < -0.4 is 5.73 Å². The molecule has 0 aromatic carbocycles. The quantitative estimate of drug-likeness (QED) is 0.627. The van der Waals surface area contributed by atoms with E-state index in [1.165, 1.54) is 12.8 Å². The Labute approximate surface area is 68.3 Å². The third-order valence-corrected chi connectivity index (χ3v) is 1.79. The van der Waals surface area contributed by atoms with Crippen molar-refractivity contribution in [2.75, 3.05) is 0 Å². The van der Waals surface area contributed by atoms with Crippen LogP contribution in [-0.4, -0.2) is 11.9 Å². The third-order valence-electron chi connectivity index (χ3n) is 1.79. The number of hydrogen-bond donors (Lipinski definition) is 1. The molecule has 0 aromatic heterocycles. The van der Waals surface area contributed by atoms with Gasteiger partial charge in [-0.3, -0.25) is 4.99 Å². The van der Waals surface area contributed by atoms with Crippen LogP contribution in [0.25, 0.3) is 0 Å². The van der Waals surface area contributed by atoms with Crippen LogP contribution in [0, 0.1) is 0 Å². The fourth-order valence-electron chi connectivity index (χ4n) is 1.18. The smallest absolute Gasteiger partial charge is 0.0940 e. The highest BCUT2D eigenvalue weighted by atomic mass is 35.5. The molecule has 10 heavy (non-hydrogen) atoms. The largest absolute Gasteiger partial charge is 0.387 e. The van der Waals surface area contributed by atoms with Crippen molar-refractivity contribution in [1.82, 2.24) is 0 Å². The molecule has 0 radical (unpaired) electrons. The van der Waals surface area contributed by atoms with Gasteiger partial charge in [0.2, 0.25) is 0 Å². The van der Waals surface area contributed by atoms with Gasteiger partial charge in [0.05, 0.1) is 11.9 Å². The van der Waals surface area contributed by atoms with E-state index in [0.717, 1.165) is 18.7 Å². The molecule has 0 spiro atoms. The molecule has 0 saturated carbocycles. The Kier molecular flexibility index (Phi) is 4.45. The SMILES string of the molecule is CCC1CCCC(N)=N1.Cl. The second-order valence-corrected chi connectivity index (χ2v) is 2.57. The second-order valence-electron chi connectivity index (χ2n) is 2.57. The van der Waals surface area contributed by atoms with E-state index in [9.17, 15) is 0 Å². The Morgan fingerprint density at radius 2 is 2.40 bits per heavy atom. The summed E-state index contributed by atoms with van der Waals surface area (Å²) in [5.41, 5.74) is 5.55. The maximum Gasteiger partial charge on any atom is 0.0940 e. The molecular weight excluding hydrogens is 148 g/mol. The topological polar surface area (TPSA) is 38.4 Å². The van der Waals surface area contributed by atoms with E-state index < -0.39 is 0 Å². The van der Waals surface area contributed by atoms with Gasteiger partial charge in [-0.25, -0.2) is 0 Å². The zero-order valence-electron chi connectivity index (χ0n) is 6.34. The van der Waals surface area contributed by atoms with Crippen LogP contribution in [0.1, 0.15) is 32.6 Å². The third kappa shape index (κ3) is 2.56. The summed E-state index contributed by atoms with van der Waals surface area (Å²) in [4.78, 5) is 4.30. The number of amidine groups is 1. The number of hydrogen-bond acceptors (Lipinski definition) is 2. The number of aliphatic imine (C=N–C) groups is 1. The van der Waals surface area contributed by atoms with Crippen LogP contribution in [-0.2, 0) is 0 Å². The van der Waals surface area contributed by atoms with Crippen molar-refractivity contribution in [1.29, 1.82) is 0 Å². The highest BCUT2D eigenvalue weighted by Crippen LogP contribution is 2.13. The fraction of sp³-hybridized carbons (Fsp3) is 0.857. The molecular formula is C7H15ClN2. The normalized spacial score (nSPS) is 24.9. The summed E-state index contributed by atoms with van der Waals surface area (Å²) in [6.07, 6.45) is 4.61. The van der Waals surface area contributed by atoms with E-state index in [2.05, 4.69) is 11.9 Å². The zero-order valence-corrected chi connectivity index (χ0v) is 7.16. The van der Waals surface area contributed by atoms with Gasteiger partial charge >= 0.3 is 0 Å². The first-order chi connectivity index (χ1) is 4.33. The number of rotatable bonds is 1. The Bertz CT molecular complexity index is 123. The van der Waals surface area contributed by atoms with Gasteiger partial charge in [0.25, 0.3) is 0 Å². The molecule has 2 N–H and O–H groups in total. The number of halogens is 1. The average Bonchev–Trinajstić information content (AvgIpc) is 1.88. The molecule has 1 aliphatic heterocycles. The Balaban J connectivity index is 0.000000810. The summed E-state index contributed by atoms with van der Waals surface area (Å²) in [6, 6.07) is 0.527. The Hall–Kier alpha value is -0.240. The predicted octanol–water partition coefficient (Wildman–Crippen LogP) is 1.73. The molecule has 0 bridgehead atoms. The summed E-state index contributed by atoms with van der Waals surface area (Å²) >= 11 is 0. The van der Waals surface area contributed by atoms with E-state index >= 15 is 0 Å². The van der Waals surface area contributed by atoms with E-state index in [1.54, 1.807) is 0 Å². The number of nitrogens with two attached hydrogens (primary N) is 1. The van der Waals surface area contributed by atoms with Crippen LogP contribution in [0.3, 0.4) is 0 Å². The number of nitrogens with zero attached hydrogens (tertiary/aromatic N) is 1. The maximum atomic E-state index is 5.55. The molecule has 0 fully saturated rings. The lowest BCUT2D eigenvalue weighted by atomic mass is 10.0. The molecule has 1 aliphatic rings. The van der Waals surface area contributed by atoms with Crippen molar-refractivity contribution >= 4 is 18.2 Å². The first-order valence-corrected chi connectivity index (χ1v) is 3.65. The molecule has 1 heterocycles. The molecule has 3 heteroatoms. The standard InChI is InChI=1S/C7H14N2.ClH/c1-2-6-4-3-5-7(8)9-6;/h6H,2-5H2,1H3,(H2,8,9);1H. The highest BCUT2D eigenvalue weighted by Gasteiger charge is 2.09. The summed E-state index contributed by atoms with van der Waals surface area (Å²) in [5.74, 6) is 0.855. The Morgan fingerprint density at radius 3 is 2.80 bits per heavy atom. The van der Waals surface area contributed by atoms with Gasteiger partial charge in [-0.15, -0.1) is 12.4 Å². The van der Waals surface area contributed by atoms with Gasteiger partial charge in [0.1, 0.15) is 0 Å². The van der Waals surface area contributed by atoms with Crippen molar-refractivity contribution in [3.8, 4) is 0 Å². The van der Waals surface area contributed by atoms with Crippen LogP contribution in [0.15, 0.2) is 4.99 Å². The molecule has 1 atom stereocenters. The second kappa shape index (κ2) is 4.56. The summed E-state index contributed by atoms with van der Waals surface area (Å²) in [6.45, 7) is 2.16. The minimum absolute atomic E-state index is 0. The van der Waals surface area contributed by atoms with Crippen molar-refractivity contribution in [2.45, 2.75) is 38.6 Å². The minimum atomic E-state index is 0. The van der Waals surface area contributed by atoms with Crippen molar-refractivity contribution in [3.05, 3.63) is 0 Å². The predicted molar refractivity (Wildman–Crippen MR) is 46.8 cm³/mol. The van der Waals surface area contributed by atoms with Crippen LogP contribution in [0.2, 0.25) is 0 Å². The van der Waals surface area contributed by atoms with Gasteiger partial charge in [0, 0.05) is 6.42 Å². The fourth-order valence-corrected chi connectivity index (χ4v) is 1.18. The molecule has 2 nitrogen and oxygen atoms in total. The molecule has 0 saturated heterocycles.